The van der Waals surface area contributed by atoms with Crippen LogP contribution in [0.25, 0.3) is 0 Å². The largest absolute Gasteiger partial charge is 0.364 e. The molecule has 0 aliphatic rings. The van der Waals surface area contributed by atoms with E-state index in [4.69, 9.17) is 10.00 Å². The molecule has 1 aromatic carbocycles. The Hall–Kier alpha value is -1.33. The number of aryl methyl sites for hydroxylation is 1. The van der Waals surface area contributed by atoms with Gasteiger partial charge in [0, 0.05) is 0 Å². The lowest BCUT2D eigenvalue weighted by molar-refractivity contribution is 0.0851. The van der Waals surface area contributed by atoms with Gasteiger partial charge in [-0.1, -0.05) is 30.3 Å². The lowest BCUT2D eigenvalue weighted by atomic mass is 10.1. The van der Waals surface area contributed by atoms with Crippen LogP contribution < -0.4 is 0 Å². The molecule has 74 valence electrons. The Kier molecular flexibility index (Phi) is 4.74. The molecular weight excluding hydrogens is 174 g/mol. The molecule has 0 saturated carbocycles. The van der Waals surface area contributed by atoms with Crippen molar-refractivity contribution in [1.82, 2.24) is 0 Å². The molecule has 0 aliphatic heterocycles. The Morgan fingerprint density at radius 3 is 2.71 bits per heavy atom. The van der Waals surface area contributed by atoms with Gasteiger partial charge in [-0.2, -0.15) is 5.26 Å². The summed E-state index contributed by atoms with van der Waals surface area (Å²) in [6.45, 7) is 2.19. The number of rotatable bonds is 5. The van der Waals surface area contributed by atoms with E-state index >= 15 is 0 Å². The molecule has 0 N–H and O–H groups in total. The van der Waals surface area contributed by atoms with Crippen LogP contribution in [-0.4, -0.2) is 12.7 Å². The SMILES string of the molecule is CC(CCc1ccccc1)OCC#N. The van der Waals surface area contributed by atoms with E-state index in [1.165, 1.54) is 5.56 Å². The van der Waals surface area contributed by atoms with Crippen molar-refractivity contribution in [3.63, 3.8) is 0 Å². The summed E-state index contributed by atoms with van der Waals surface area (Å²) in [4.78, 5) is 0. The van der Waals surface area contributed by atoms with Gasteiger partial charge in [0.1, 0.15) is 6.61 Å². The predicted molar refractivity (Wildman–Crippen MR) is 55.8 cm³/mol. The van der Waals surface area contributed by atoms with Gasteiger partial charge in [-0.25, -0.2) is 0 Å². The Morgan fingerprint density at radius 2 is 2.07 bits per heavy atom. The second-order valence-electron chi connectivity index (χ2n) is 3.30. The summed E-state index contributed by atoms with van der Waals surface area (Å²) in [5, 5.41) is 8.33. The summed E-state index contributed by atoms with van der Waals surface area (Å²) in [6, 6.07) is 12.3. The van der Waals surface area contributed by atoms with Crippen LogP contribution in [0.15, 0.2) is 30.3 Å². The minimum Gasteiger partial charge on any atom is -0.364 e. The average molecular weight is 189 g/mol. The molecule has 2 nitrogen and oxygen atoms in total. The van der Waals surface area contributed by atoms with Gasteiger partial charge in [-0.05, 0) is 25.3 Å². The van der Waals surface area contributed by atoms with E-state index in [2.05, 4.69) is 12.1 Å². The molecule has 1 aromatic rings. The van der Waals surface area contributed by atoms with Crippen molar-refractivity contribution in [3.05, 3.63) is 35.9 Å². The average Bonchev–Trinajstić information content (AvgIpc) is 2.25. The van der Waals surface area contributed by atoms with Gasteiger partial charge in [0.2, 0.25) is 0 Å². The van der Waals surface area contributed by atoms with Crippen molar-refractivity contribution in [2.75, 3.05) is 6.61 Å². The third kappa shape index (κ3) is 4.06. The van der Waals surface area contributed by atoms with Crippen molar-refractivity contribution in [3.8, 4) is 6.07 Å². The standard InChI is InChI=1S/C12H15NO/c1-11(14-10-9-13)7-8-12-5-3-2-4-6-12/h2-6,11H,7-8,10H2,1H3. The minimum atomic E-state index is 0.162. The summed E-state index contributed by atoms with van der Waals surface area (Å²) in [7, 11) is 0. The Bertz CT molecular complexity index is 289. The first-order chi connectivity index (χ1) is 6.83. The Labute approximate surface area is 85.1 Å². The van der Waals surface area contributed by atoms with Crippen LogP contribution >= 0.6 is 0 Å². The quantitative estimate of drug-likeness (QED) is 0.713. The topological polar surface area (TPSA) is 33.0 Å². The molecule has 0 saturated heterocycles. The van der Waals surface area contributed by atoms with E-state index in [-0.39, 0.29) is 12.7 Å². The maximum Gasteiger partial charge on any atom is 0.134 e. The molecule has 0 aliphatic carbocycles. The Balaban J connectivity index is 2.24. The molecule has 1 rings (SSSR count). The first kappa shape index (κ1) is 10.7. The van der Waals surface area contributed by atoms with E-state index < -0.39 is 0 Å². The molecular formula is C12H15NO. The smallest absolute Gasteiger partial charge is 0.134 e. The highest BCUT2D eigenvalue weighted by Crippen LogP contribution is 2.06. The number of hydrogen-bond donors (Lipinski definition) is 0. The molecule has 1 atom stereocenters. The van der Waals surface area contributed by atoms with Gasteiger partial charge in [0.05, 0.1) is 12.2 Å². The van der Waals surface area contributed by atoms with Crippen LogP contribution in [0, 0.1) is 11.3 Å². The zero-order valence-electron chi connectivity index (χ0n) is 8.44. The van der Waals surface area contributed by atoms with Crippen molar-refractivity contribution in [2.45, 2.75) is 25.9 Å². The molecule has 2 heteroatoms. The first-order valence-electron chi connectivity index (χ1n) is 4.85. The number of nitrogens with zero attached hydrogens (tertiary/aromatic N) is 1. The molecule has 0 fully saturated rings. The fourth-order valence-electron chi connectivity index (χ4n) is 1.28. The summed E-state index contributed by atoms with van der Waals surface area (Å²) in [5.41, 5.74) is 1.32. The highest BCUT2D eigenvalue weighted by Gasteiger charge is 2.01. The lowest BCUT2D eigenvalue weighted by Crippen LogP contribution is -2.09. The molecule has 0 amide bonds. The fourth-order valence-corrected chi connectivity index (χ4v) is 1.28. The van der Waals surface area contributed by atoms with Crippen LogP contribution in [-0.2, 0) is 11.2 Å². The van der Waals surface area contributed by atoms with Gasteiger partial charge in [0.15, 0.2) is 0 Å². The molecule has 0 bridgehead atoms. The summed E-state index contributed by atoms with van der Waals surface area (Å²) >= 11 is 0. The van der Waals surface area contributed by atoms with E-state index in [1.807, 2.05) is 31.2 Å². The van der Waals surface area contributed by atoms with Crippen LogP contribution in [0.4, 0.5) is 0 Å². The van der Waals surface area contributed by atoms with Crippen LogP contribution in [0.1, 0.15) is 18.9 Å². The van der Waals surface area contributed by atoms with Crippen LogP contribution in [0.5, 0.6) is 0 Å². The number of benzene rings is 1. The fraction of sp³-hybridized carbons (Fsp3) is 0.417. The van der Waals surface area contributed by atoms with E-state index in [9.17, 15) is 0 Å². The summed E-state index contributed by atoms with van der Waals surface area (Å²) in [6.07, 6.45) is 2.13. The maximum absolute atomic E-state index is 8.33. The molecule has 0 heterocycles. The highest BCUT2D eigenvalue weighted by molar-refractivity contribution is 5.14. The van der Waals surface area contributed by atoms with E-state index in [0.717, 1.165) is 12.8 Å². The van der Waals surface area contributed by atoms with Crippen LogP contribution in [0.3, 0.4) is 0 Å². The van der Waals surface area contributed by atoms with Crippen molar-refractivity contribution >= 4 is 0 Å². The maximum atomic E-state index is 8.33. The normalized spacial score (nSPS) is 12.0. The number of nitriles is 1. The second kappa shape index (κ2) is 6.17. The summed E-state index contributed by atoms with van der Waals surface area (Å²) < 4.78 is 5.25. The van der Waals surface area contributed by atoms with E-state index in [1.54, 1.807) is 0 Å². The zero-order valence-corrected chi connectivity index (χ0v) is 8.44. The minimum absolute atomic E-state index is 0.162. The van der Waals surface area contributed by atoms with E-state index in [0.29, 0.717) is 0 Å². The third-order valence-electron chi connectivity index (χ3n) is 2.11. The second-order valence-corrected chi connectivity index (χ2v) is 3.30. The van der Waals surface area contributed by atoms with Crippen LogP contribution in [0.2, 0.25) is 0 Å². The molecule has 0 radical (unpaired) electrons. The van der Waals surface area contributed by atoms with Gasteiger partial charge < -0.3 is 4.74 Å². The third-order valence-corrected chi connectivity index (χ3v) is 2.11. The molecule has 14 heavy (non-hydrogen) atoms. The van der Waals surface area contributed by atoms with Gasteiger partial charge in [-0.3, -0.25) is 0 Å². The molecule has 0 spiro atoms. The van der Waals surface area contributed by atoms with Gasteiger partial charge >= 0.3 is 0 Å². The van der Waals surface area contributed by atoms with Crippen molar-refractivity contribution in [2.24, 2.45) is 0 Å². The Morgan fingerprint density at radius 1 is 1.36 bits per heavy atom. The zero-order chi connectivity index (χ0) is 10.2. The monoisotopic (exact) mass is 189 g/mol. The molecule has 1 unspecified atom stereocenters. The number of hydrogen-bond acceptors (Lipinski definition) is 2. The molecule has 0 aromatic heterocycles. The predicted octanol–water partition coefficient (Wildman–Crippen LogP) is 2.55. The number of ether oxygens (including phenoxy) is 1. The van der Waals surface area contributed by atoms with Gasteiger partial charge in [0.25, 0.3) is 0 Å². The summed E-state index contributed by atoms with van der Waals surface area (Å²) in [5.74, 6) is 0. The van der Waals surface area contributed by atoms with Gasteiger partial charge in [-0.15, -0.1) is 0 Å². The van der Waals surface area contributed by atoms with Crippen molar-refractivity contribution < 1.29 is 4.74 Å². The highest BCUT2D eigenvalue weighted by atomic mass is 16.5. The van der Waals surface area contributed by atoms with Crippen molar-refractivity contribution in [1.29, 1.82) is 5.26 Å². The lowest BCUT2D eigenvalue weighted by Gasteiger charge is -2.09. The first-order valence-corrected chi connectivity index (χ1v) is 4.85.